The van der Waals surface area contributed by atoms with E-state index in [1.54, 1.807) is 11.3 Å². The number of hydrogen-bond donors (Lipinski definition) is 2. The first-order valence-electron chi connectivity index (χ1n) is 6.99. The maximum absolute atomic E-state index is 4.57. The van der Waals surface area contributed by atoms with Gasteiger partial charge in [0.05, 0.1) is 5.69 Å². The van der Waals surface area contributed by atoms with Crippen LogP contribution in [-0.4, -0.2) is 21.5 Å². The van der Waals surface area contributed by atoms with Gasteiger partial charge in [0.2, 0.25) is 0 Å². The summed E-state index contributed by atoms with van der Waals surface area (Å²) in [4.78, 5) is 14.5. The number of nitrogens with one attached hydrogen (secondary N) is 2. The predicted octanol–water partition coefficient (Wildman–Crippen LogP) is 3.11. The maximum atomic E-state index is 4.57. The van der Waals surface area contributed by atoms with Gasteiger partial charge in [0.15, 0.2) is 5.13 Å². The van der Waals surface area contributed by atoms with Crippen molar-refractivity contribution in [3.8, 4) is 0 Å². The van der Waals surface area contributed by atoms with Crippen molar-refractivity contribution >= 4 is 22.3 Å². The molecule has 0 amide bonds. The Morgan fingerprint density at radius 2 is 2.20 bits per heavy atom. The number of aromatic nitrogens is 3. The Labute approximate surface area is 122 Å². The molecule has 3 rings (SSSR count). The molecule has 2 aromatic rings. The van der Waals surface area contributed by atoms with Gasteiger partial charge in [0.1, 0.15) is 11.6 Å². The third-order valence-corrected chi connectivity index (χ3v) is 4.21. The zero-order valence-electron chi connectivity index (χ0n) is 11.8. The van der Waals surface area contributed by atoms with Crippen LogP contribution in [0.1, 0.15) is 41.7 Å². The highest BCUT2D eigenvalue weighted by Gasteiger charge is 2.17. The topological polar surface area (TPSA) is 62.7 Å². The fraction of sp³-hybridized carbons (Fsp3) is 0.500. The molecule has 1 atom stereocenters. The molecular formula is C14H19N5S. The maximum Gasteiger partial charge on any atom is 0.188 e. The standard InChI is InChI=1S/C14H19N5S/c1-9-8-16-14(20-9)19-13-7-12(17-10(2)18-13)11-5-3-4-6-15-11/h7-8,11,15H,3-6H2,1-2H3,(H,16,17,18,19). The predicted molar refractivity (Wildman–Crippen MR) is 81.5 cm³/mol. The molecule has 0 saturated carbocycles. The molecule has 1 aliphatic heterocycles. The summed E-state index contributed by atoms with van der Waals surface area (Å²) in [6.45, 7) is 5.05. The molecule has 2 aromatic heterocycles. The monoisotopic (exact) mass is 289 g/mol. The van der Waals surface area contributed by atoms with Gasteiger partial charge in [-0.3, -0.25) is 0 Å². The van der Waals surface area contributed by atoms with Gasteiger partial charge in [0.25, 0.3) is 0 Å². The molecule has 0 aromatic carbocycles. The highest BCUT2D eigenvalue weighted by atomic mass is 32.1. The first-order chi connectivity index (χ1) is 9.70. The second kappa shape index (κ2) is 5.85. The van der Waals surface area contributed by atoms with Crippen molar-refractivity contribution < 1.29 is 0 Å². The Hall–Kier alpha value is -1.53. The Morgan fingerprint density at radius 3 is 2.90 bits per heavy atom. The lowest BCUT2D eigenvalue weighted by Crippen LogP contribution is -2.27. The van der Waals surface area contributed by atoms with Crippen LogP contribution in [0.3, 0.4) is 0 Å². The zero-order chi connectivity index (χ0) is 13.9. The van der Waals surface area contributed by atoms with E-state index in [4.69, 9.17) is 0 Å². The number of rotatable bonds is 3. The number of thiazole rings is 1. The zero-order valence-corrected chi connectivity index (χ0v) is 12.6. The number of aryl methyl sites for hydroxylation is 2. The van der Waals surface area contributed by atoms with Crippen LogP contribution in [0, 0.1) is 13.8 Å². The molecule has 6 heteroatoms. The molecule has 0 bridgehead atoms. The number of nitrogens with zero attached hydrogens (tertiary/aromatic N) is 3. The number of anilines is 2. The summed E-state index contributed by atoms with van der Waals surface area (Å²) in [6, 6.07) is 2.39. The van der Waals surface area contributed by atoms with E-state index in [0.29, 0.717) is 6.04 Å². The first-order valence-corrected chi connectivity index (χ1v) is 7.81. The first kappa shape index (κ1) is 13.5. The van der Waals surface area contributed by atoms with Gasteiger partial charge in [-0.05, 0) is 33.2 Å². The van der Waals surface area contributed by atoms with Crippen molar-refractivity contribution in [1.29, 1.82) is 0 Å². The molecule has 0 radical (unpaired) electrons. The average Bonchev–Trinajstić information content (AvgIpc) is 2.84. The van der Waals surface area contributed by atoms with Crippen LogP contribution < -0.4 is 10.6 Å². The van der Waals surface area contributed by atoms with Crippen LogP contribution in [0.4, 0.5) is 10.9 Å². The van der Waals surface area contributed by atoms with Crippen molar-refractivity contribution in [3.05, 3.63) is 28.7 Å². The van der Waals surface area contributed by atoms with Gasteiger partial charge in [-0.25, -0.2) is 15.0 Å². The molecule has 1 saturated heterocycles. The Morgan fingerprint density at radius 1 is 1.30 bits per heavy atom. The largest absolute Gasteiger partial charge is 0.316 e. The Kier molecular flexibility index (Phi) is 3.93. The lowest BCUT2D eigenvalue weighted by molar-refractivity contribution is 0.404. The van der Waals surface area contributed by atoms with Crippen molar-refractivity contribution in [2.45, 2.75) is 39.2 Å². The van der Waals surface area contributed by atoms with Crippen LogP contribution in [0.5, 0.6) is 0 Å². The minimum atomic E-state index is 0.351. The van der Waals surface area contributed by atoms with Crippen LogP contribution in [0.25, 0.3) is 0 Å². The lowest BCUT2D eigenvalue weighted by Gasteiger charge is -2.23. The van der Waals surface area contributed by atoms with E-state index in [1.165, 1.54) is 17.7 Å². The van der Waals surface area contributed by atoms with Gasteiger partial charge >= 0.3 is 0 Å². The van der Waals surface area contributed by atoms with Gasteiger partial charge in [-0.15, -0.1) is 11.3 Å². The van der Waals surface area contributed by atoms with E-state index < -0.39 is 0 Å². The van der Waals surface area contributed by atoms with Crippen molar-refractivity contribution in [2.75, 3.05) is 11.9 Å². The van der Waals surface area contributed by atoms with E-state index in [1.807, 2.05) is 26.1 Å². The van der Waals surface area contributed by atoms with Gasteiger partial charge in [-0.1, -0.05) is 6.42 Å². The summed E-state index contributed by atoms with van der Waals surface area (Å²) in [5.74, 6) is 1.62. The summed E-state index contributed by atoms with van der Waals surface area (Å²) in [6.07, 6.45) is 5.52. The van der Waals surface area contributed by atoms with Crippen LogP contribution >= 0.6 is 11.3 Å². The quantitative estimate of drug-likeness (QED) is 0.909. The van der Waals surface area contributed by atoms with E-state index in [-0.39, 0.29) is 0 Å². The smallest absolute Gasteiger partial charge is 0.188 e. The molecule has 0 aliphatic carbocycles. The molecule has 1 unspecified atom stereocenters. The van der Waals surface area contributed by atoms with Crippen molar-refractivity contribution in [1.82, 2.24) is 20.3 Å². The van der Waals surface area contributed by atoms with Gasteiger partial charge in [-0.2, -0.15) is 0 Å². The van der Waals surface area contributed by atoms with Crippen LogP contribution in [0.2, 0.25) is 0 Å². The van der Waals surface area contributed by atoms with E-state index in [9.17, 15) is 0 Å². The Bertz CT molecular complexity index is 589. The van der Waals surface area contributed by atoms with Crippen molar-refractivity contribution in [3.63, 3.8) is 0 Å². The highest BCUT2D eigenvalue weighted by Crippen LogP contribution is 2.25. The van der Waals surface area contributed by atoms with Crippen LogP contribution in [0.15, 0.2) is 12.3 Å². The molecule has 2 N–H and O–H groups in total. The summed E-state index contributed by atoms with van der Waals surface area (Å²) >= 11 is 1.63. The summed E-state index contributed by atoms with van der Waals surface area (Å²) < 4.78 is 0. The average molecular weight is 289 g/mol. The van der Waals surface area contributed by atoms with Gasteiger partial charge < -0.3 is 10.6 Å². The molecule has 3 heterocycles. The molecule has 0 spiro atoms. The molecule has 1 aliphatic rings. The summed E-state index contributed by atoms with van der Waals surface area (Å²) in [5, 5.41) is 7.68. The SMILES string of the molecule is Cc1nc(Nc2ncc(C)s2)cc(C2CCCCN2)n1. The second-order valence-corrected chi connectivity index (χ2v) is 6.36. The number of hydrogen-bond acceptors (Lipinski definition) is 6. The van der Waals surface area contributed by atoms with Crippen molar-refractivity contribution in [2.24, 2.45) is 0 Å². The lowest BCUT2D eigenvalue weighted by atomic mass is 10.0. The minimum absolute atomic E-state index is 0.351. The molecule has 20 heavy (non-hydrogen) atoms. The van der Waals surface area contributed by atoms with E-state index in [0.717, 1.165) is 35.4 Å². The molecule has 106 valence electrons. The van der Waals surface area contributed by atoms with Gasteiger partial charge in [0, 0.05) is 23.2 Å². The van der Waals surface area contributed by atoms with Crippen LogP contribution in [-0.2, 0) is 0 Å². The third-order valence-electron chi connectivity index (χ3n) is 3.38. The number of piperidine rings is 1. The minimum Gasteiger partial charge on any atom is -0.316 e. The highest BCUT2D eigenvalue weighted by molar-refractivity contribution is 7.15. The molecular weight excluding hydrogens is 270 g/mol. The van der Waals surface area contributed by atoms with E-state index >= 15 is 0 Å². The molecule has 5 nitrogen and oxygen atoms in total. The van der Waals surface area contributed by atoms with E-state index in [2.05, 4.69) is 25.6 Å². The molecule has 1 fully saturated rings. The fourth-order valence-corrected chi connectivity index (χ4v) is 3.13. The Balaban J connectivity index is 1.82. The summed E-state index contributed by atoms with van der Waals surface area (Å²) in [5.41, 5.74) is 1.08. The normalized spacial score (nSPS) is 19.0. The summed E-state index contributed by atoms with van der Waals surface area (Å²) in [7, 11) is 0. The second-order valence-electron chi connectivity index (χ2n) is 5.13. The third kappa shape index (κ3) is 3.13. The fourth-order valence-electron chi connectivity index (χ4n) is 2.46.